The molecule has 0 aliphatic carbocycles. The van der Waals surface area contributed by atoms with Crippen molar-refractivity contribution in [1.29, 1.82) is 0 Å². The van der Waals surface area contributed by atoms with E-state index in [1.54, 1.807) is 48.5 Å². The first-order valence-corrected chi connectivity index (χ1v) is 7.20. The maximum absolute atomic E-state index is 12.2. The fourth-order valence-corrected chi connectivity index (χ4v) is 2.15. The molecule has 130 valence electrons. The van der Waals surface area contributed by atoms with Crippen molar-refractivity contribution < 1.29 is 26.7 Å². The summed E-state index contributed by atoms with van der Waals surface area (Å²) in [6, 6.07) is 23.9. The molecule has 0 bridgehead atoms. The molecule has 0 radical (unpaired) electrons. The second-order valence-corrected chi connectivity index (χ2v) is 4.88. The Morgan fingerprint density at radius 3 is 2.17 bits per heavy atom. The molecule has 1 unspecified atom stereocenters. The molecule has 0 heterocycles. The normalized spacial score (nSPS) is 10.5. The van der Waals surface area contributed by atoms with E-state index in [0.717, 1.165) is 0 Å². The van der Waals surface area contributed by atoms with E-state index in [2.05, 4.69) is 5.43 Å². The molecule has 3 N–H and O–H groups in total. The van der Waals surface area contributed by atoms with Crippen molar-refractivity contribution in [1.82, 2.24) is 0 Å². The van der Waals surface area contributed by atoms with Crippen molar-refractivity contribution in [2.45, 2.75) is 5.92 Å². The summed E-state index contributed by atoms with van der Waals surface area (Å²) in [5, 5.41) is 0. The van der Waals surface area contributed by atoms with Crippen molar-refractivity contribution in [3.8, 4) is 0 Å². The largest absolute Gasteiger partial charge is 0.748 e. The summed E-state index contributed by atoms with van der Waals surface area (Å²) >= 11 is 0. The van der Waals surface area contributed by atoms with Crippen LogP contribution in [0.3, 0.4) is 0 Å². The molecular formula is C19H18FeN2O2-6. The number of nitrogen functional groups attached to an aromatic ring is 1. The van der Waals surface area contributed by atoms with E-state index in [1.165, 1.54) is 0 Å². The van der Waals surface area contributed by atoms with Crippen LogP contribution in [-0.4, -0.2) is 12.1 Å². The molecule has 3 aromatic rings. The number of carbonyl (C=O) groups excluding carboxylic acids is 2. The fourth-order valence-electron chi connectivity index (χ4n) is 2.15. The van der Waals surface area contributed by atoms with Crippen molar-refractivity contribution in [2.75, 3.05) is 5.43 Å². The van der Waals surface area contributed by atoms with E-state index >= 15 is 0 Å². The quantitative estimate of drug-likeness (QED) is 0.139. The Morgan fingerprint density at radius 1 is 1.08 bits per heavy atom. The van der Waals surface area contributed by atoms with Crippen LogP contribution in [-0.2, 0) is 21.9 Å². The minimum Gasteiger partial charge on any atom is -0.748 e. The van der Waals surface area contributed by atoms with Crippen LogP contribution >= 0.6 is 0 Å². The van der Waals surface area contributed by atoms with Crippen LogP contribution in [0.25, 0.3) is 0 Å². The molecule has 4 nitrogen and oxygen atoms in total. The maximum Gasteiger partial charge on any atom is 0.165 e. The number of nitrogens with two attached hydrogens (primary N) is 1. The molecule has 1 atom stereocenters. The molecule has 0 amide bonds. The fraction of sp³-hybridized carbons (Fsp3) is 0.0526. The number of carbonyl (C=O) groups is 2. The first-order chi connectivity index (χ1) is 11.3. The Hall–Kier alpha value is -2.46. The SMILES string of the molecule is NNc1cccc(C(=O)C(C=O)[c-]2cccc2)c1.[Fe].[cH-]1[cH-][cH-][cH-][cH-]1. The van der Waals surface area contributed by atoms with Crippen molar-refractivity contribution in [3.05, 3.63) is 90.0 Å². The van der Waals surface area contributed by atoms with Crippen LogP contribution in [0.2, 0.25) is 0 Å². The van der Waals surface area contributed by atoms with Gasteiger partial charge in [-0.05, 0) is 12.1 Å². The van der Waals surface area contributed by atoms with Gasteiger partial charge < -0.3 is 40.6 Å². The van der Waals surface area contributed by atoms with Gasteiger partial charge in [-0.15, -0.1) is 5.56 Å². The molecule has 0 fully saturated rings. The number of aldehydes is 1. The van der Waals surface area contributed by atoms with Gasteiger partial charge in [-0.25, -0.2) is 12.1 Å². The topological polar surface area (TPSA) is 72.2 Å². The number of anilines is 1. The van der Waals surface area contributed by atoms with E-state index in [0.29, 0.717) is 23.1 Å². The minimum absolute atomic E-state index is 0. The number of ketones is 1. The van der Waals surface area contributed by atoms with Gasteiger partial charge in [-0.1, -0.05) is 12.1 Å². The summed E-state index contributed by atoms with van der Waals surface area (Å²) < 4.78 is 0. The van der Waals surface area contributed by atoms with Gasteiger partial charge in [0.1, 0.15) is 6.29 Å². The zero-order chi connectivity index (χ0) is 16.5. The van der Waals surface area contributed by atoms with Crippen LogP contribution in [0, 0.1) is 0 Å². The first kappa shape index (κ1) is 19.6. The molecule has 0 aromatic heterocycles. The van der Waals surface area contributed by atoms with Crippen molar-refractivity contribution in [2.24, 2.45) is 5.84 Å². The standard InChI is InChI=1S/C14H13N2O2.C5H5.Fe/c15-16-12-7-3-6-11(8-12)14(18)13(9-17)10-4-1-2-5-10;1-2-4-5-3-1;/h1-9,13,16H,15H2;1-5H;/q-1;-5;. The Bertz CT molecular complexity index is 704. The molecule has 0 aliphatic heterocycles. The summed E-state index contributed by atoms with van der Waals surface area (Å²) in [6.45, 7) is 0. The van der Waals surface area contributed by atoms with Gasteiger partial charge >= 0.3 is 0 Å². The predicted molar refractivity (Wildman–Crippen MR) is 91.5 cm³/mol. The van der Waals surface area contributed by atoms with Gasteiger partial charge in [0.25, 0.3) is 0 Å². The van der Waals surface area contributed by atoms with E-state index in [1.807, 2.05) is 30.3 Å². The van der Waals surface area contributed by atoms with Crippen molar-refractivity contribution in [3.63, 3.8) is 0 Å². The van der Waals surface area contributed by atoms with Gasteiger partial charge in [-0.3, -0.25) is 10.6 Å². The van der Waals surface area contributed by atoms with Gasteiger partial charge in [0.15, 0.2) is 5.78 Å². The average molecular weight is 362 g/mol. The first-order valence-electron chi connectivity index (χ1n) is 7.20. The Morgan fingerprint density at radius 2 is 1.67 bits per heavy atom. The number of hydrogen-bond donors (Lipinski definition) is 2. The maximum atomic E-state index is 12.2. The van der Waals surface area contributed by atoms with Crippen LogP contribution in [0.5, 0.6) is 0 Å². The smallest absolute Gasteiger partial charge is 0.165 e. The van der Waals surface area contributed by atoms with Gasteiger partial charge in [0.2, 0.25) is 0 Å². The summed E-state index contributed by atoms with van der Waals surface area (Å²) in [5.41, 5.74) is 4.28. The number of hydrogen-bond acceptors (Lipinski definition) is 4. The predicted octanol–water partition coefficient (Wildman–Crippen LogP) is 3.26. The van der Waals surface area contributed by atoms with Crippen molar-refractivity contribution >= 4 is 17.8 Å². The number of nitrogens with one attached hydrogen (secondary N) is 1. The Kier molecular flexibility index (Phi) is 8.44. The van der Waals surface area contributed by atoms with Crippen LogP contribution in [0.15, 0.2) is 78.9 Å². The van der Waals surface area contributed by atoms with Crippen LogP contribution < -0.4 is 11.3 Å². The summed E-state index contributed by atoms with van der Waals surface area (Å²) in [7, 11) is 0. The van der Waals surface area contributed by atoms with E-state index < -0.39 is 5.92 Å². The number of benzene rings is 1. The molecule has 0 aliphatic rings. The summed E-state index contributed by atoms with van der Waals surface area (Å²) in [6.07, 6.45) is 0.667. The molecule has 0 spiro atoms. The zero-order valence-corrected chi connectivity index (χ0v) is 14.0. The van der Waals surface area contributed by atoms with Gasteiger partial charge in [0.05, 0.1) is 5.92 Å². The van der Waals surface area contributed by atoms with E-state index in [9.17, 15) is 9.59 Å². The minimum atomic E-state index is -0.756. The third-order valence-corrected chi connectivity index (χ3v) is 3.34. The monoisotopic (exact) mass is 362 g/mol. The van der Waals surface area contributed by atoms with Crippen LogP contribution in [0.4, 0.5) is 5.69 Å². The van der Waals surface area contributed by atoms with Gasteiger partial charge in [0, 0.05) is 28.3 Å². The molecule has 0 saturated heterocycles. The zero-order valence-electron chi connectivity index (χ0n) is 12.9. The molecular weight excluding hydrogens is 344 g/mol. The molecule has 3 rings (SSSR count). The molecule has 0 saturated carbocycles. The summed E-state index contributed by atoms with van der Waals surface area (Å²) in [5.74, 6) is 4.31. The molecule has 24 heavy (non-hydrogen) atoms. The van der Waals surface area contributed by atoms with E-state index in [4.69, 9.17) is 5.84 Å². The second kappa shape index (κ2) is 10.3. The molecule has 5 heteroatoms. The van der Waals surface area contributed by atoms with Crippen LogP contribution in [0.1, 0.15) is 21.8 Å². The number of hydrazine groups is 1. The third kappa shape index (κ3) is 5.32. The number of Topliss-reactive ketones (excluding diaryl/α,β-unsaturated/α-hetero) is 1. The summed E-state index contributed by atoms with van der Waals surface area (Å²) in [4.78, 5) is 23.4. The van der Waals surface area contributed by atoms with Gasteiger partial charge in [-0.2, -0.15) is 12.1 Å². The Balaban J connectivity index is 0.000000412. The van der Waals surface area contributed by atoms with E-state index in [-0.39, 0.29) is 22.9 Å². The average Bonchev–Trinajstić information content (AvgIpc) is 3.32. The number of rotatable bonds is 5. The third-order valence-electron chi connectivity index (χ3n) is 3.34. The Labute approximate surface area is 151 Å². The second-order valence-electron chi connectivity index (χ2n) is 4.88. The molecule has 3 aromatic carbocycles.